The molecule has 0 fully saturated rings. The molecule has 5 aromatic carbocycles. The Hall–Kier alpha value is -5.58. The minimum atomic E-state index is 0.678. The summed E-state index contributed by atoms with van der Waals surface area (Å²) in [4.78, 5) is 17.0. The molecule has 0 amide bonds. The Balaban J connectivity index is 1.34. The van der Waals surface area contributed by atoms with Crippen molar-refractivity contribution in [1.82, 2.24) is 15.0 Å². The van der Waals surface area contributed by atoms with Gasteiger partial charge in [-0.25, -0.2) is 9.97 Å². The maximum absolute atomic E-state index is 5.10. The van der Waals surface area contributed by atoms with Crippen LogP contribution >= 0.6 is 11.8 Å². The van der Waals surface area contributed by atoms with Gasteiger partial charge in [0.05, 0.1) is 11.4 Å². The van der Waals surface area contributed by atoms with E-state index in [-0.39, 0.29) is 0 Å². The normalized spacial score (nSPS) is 11.8. The number of fused-ring (bicyclic) bond motifs is 6. The van der Waals surface area contributed by atoms with Gasteiger partial charge >= 0.3 is 0 Å². The fraction of sp³-hybridized carbons (Fsp3) is 0. The average molecular weight is 594 g/mol. The third kappa shape index (κ3) is 5.37. The first-order chi connectivity index (χ1) is 22.3. The summed E-state index contributed by atoms with van der Waals surface area (Å²) in [5.41, 5.74) is 11.8. The lowest BCUT2D eigenvalue weighted by Gasteiger charge is -2.15. The number of benzene rings is 5. The topological polar surface area (TPSA) is 38.7 Å². The van der Waals surface area contributed by atoms with Crippen LogP contribution in [-0.2, 0) is 0 Å². The maximum atomic E-state index is 5.10. The molecule has 8 rings (SSSR count). The Morgan fingerprint density at radius 3 is 1.76 bits per heavy atom. The van der Waals surface area contributed by atoms with Crippen molar-refractivity contribution in [3.8, 4) is 56.2 Å². The predicted molar refractivity (Wildman–Crippen MR) is 186 cm³/mol. The van der Waals surface area contributed by atoms with Gasteiger partial charge in [0.25, 0.3) is 0 Å². The average Bonchev–Trinajstić information content (AvgIpc) is 3.14. The van der Waals surface area contributed by atoms with Crippen molar-refractivity contribution in [3.05, 3.63) is 163 Å². The van der Waals surface area contributed by atoms with Crippen LogP contribution in [0.4, 0.5) is 0 Å². The number of hydrogen-bond donors (Lipinski definition) is 0. The zero-order valence-electron chi connectivity index (χ0n) is 24.3. The molecule has 1 aliphatic rings. The van der Waals surface area contributed by atoms with E-state index in [0.717, 1.165) is 39.2 Å². The van der Waals surface area contributed by atoms with E-state index in [2.05, 4.69) is 120 Å². The summed E-state index contributed by atoms with van der Waals surface area (Å²) < 4.78 is 0. The quantitative estimate of drug-likeness (QED) is 0.204. The highest BCUT2D eigenvalue weighted by atomic mass is 32.2. The molecule has 1 aliphatic heterocycles. The molecule has 3 nitrogen and oxygen atoms in total. The molecule has 0 N–H and O–H groups in total. The van der Waals surface area contributed by atoms with Crippen LogP contribution in [0, 0.1) is 0 Å². The highest BCUT2D eigenvalue weighted by Crippen LogP contribution is 2.44. The second-order valence-corrected chi connectivity index (χ2v) is 12.0. The summed E-state index contributed by atoms with van der Waals surface area (Å²) in [6, 6.07) is 48.8. The van der Waals surface area contributed by atoms with Gasteiger partial charge in [-0.1, -0.05) is 127 Å². The number of hydrogen-bond acceptors (Lipinski definition) is 4. The first-order valence-electron chi connectivity index (χ1n) is 14.9. The van der Waals surface area contributed by atoms with Crippen molar-refractivity contribution in [2.45, 2.75) is 9.79 Å². The Labute approximate surface area is 267 Å². The molecular weight excluding hydrogens is 567 g/mol. The van der Waals surface area contributed by atoms with Gasteiger partial charge in [-0.3, -0.25) is 4.98 Å². The number of pyridine rings is 1. The molecule has 0 atom stereocenters. The van der Waals surface area contributed by atoms with Crippen molar-refractivity contribution in [1.29, 1.82) is 0 Å². The van der Waals surface area contributed by atoms with Crippen molar-refractivity contribution in [2.75, 3.05) is 0 Å². The SMILES string of the molecule is C1=Cc2ccc(-c3nc(-c4ccccc4)cc(-c4cccnc4)n3)cc2-c2ccccc2Sc2ccccc2-c2ccccc21. The molecule has 3 heterocycles. The van der Waals surface area contributed by atoms with Crippen LogP contribution in [0.25, 0.3) is 68.3 Å². The lowest BCUT2D eigenvalue weighted by Crippen LogP contribution is -1.97. The summed E-state index contributed by atoms with van der Waals surface area (Å²) in [6.07, 6.45) is 8.10. The van der Waals surface area contributed by atoms with Gasteiger partial charge in [0, 0.05) is 38.9 Å². The fourth-order valence-corrected chi connectivity index (χ4v) is 6.92. The molecule has 0 saturated carbocycles. The van der Waals surface area contributed by atoms with Gasteiger partial charge in [0.1, 0.15) is 0 Å². The zero-order valence-corrected chi connectivity index (χ0v) is 25.2. The van der Waals surface area contributed by atoms with Crippen LogP contribution in [0.15, 0.2) is 162 Å². The summed E-state index contributed by atoms with van der Waals surface area (Å²) in [5, 5.41) is 0. The van der Waals surface area contributed by atoms with Crippen LogP contribution in [-0.4, -0.2) is 15.0 Å². The Bertz CT molecular complexity index is 2130. The minimum Gasteiger partial charge on any atom is -0.264 e. The summed E-state index contributed by atoms with van der Waals surface area (Å²) in [6.45, 7) is 0. The third-order valence-electron chi connectivity index (χ3n) is 8.04. The lowest BCUT2D eigenvalue weighted by atomic mass is 9.94. The third-order valence-corrected chi connectivity index (χ3v) is 9.19. The fourth-order valence-electron chi connectivity index (χ4n) is 5.81. The Morgan fingerprint density at radius 2 is 1.02 bits per heavy atom. The number of aromatic nitrogens is 3. The minimum absolute atomic E-state index is 0.678. The van der Waals surface area contributed by atoms with Gasteiger partial charge in [-0.15, -0.1) is 0 Å². The lowest BCUT2D eigenvalue weighted by molar-refractivity contribution is 1.18. The molecule has 0 unspecified atom stereocenters. The predicted octanol–water partition coefficient (Wildman–Crippen LogP) is 10.8. The van der Waals surface area contributed by atoms with E-state index >= 15 is 0 Å². The van der Waals surface area contributed by atoms with E-state index < -0.39 is 0 Å². The molecule has 2 aromatic heterocycles. The first kappa shape index (κ1) is 27.0. The van der Waals surface area contributed by atoms with Crippen molar-refractivity contribution < 1.29 is 0 Å². The van der Waals surface area contributed by atoms with E-state index in [0.29, 0.717) is 5.82 Å². The van der Waals surface area contributed by atoms with Crippen LogP contribution in [0.1, 0.15) is 11.1 Å². The molecule has 0 saturated heterocycles. The highest BCUT2D eigenvalue weighted by Gasteiger charge is 2.17. The molecule has 7 aromatic rings. The van der Waals surface area contributed by atoms with Gasteiger partial charge in [0.15, 0.2) is 5.82 Å². The van der Waals surface area contributed by atoms with Crippen molar-refractivity contribution in [3.63, 3.8) is 0 Å². The van der Waals surface area contributed by atoms with Gasteiger partial charge < -0.3 is 0 Å². The molecule has 0 bridgehead atoms. The standard InChI is InChI=1S/C41H27N3S/c1-2-12-30(13-3-1)37-26-38(32-14-10-24-42-27-32)44-41(43-37)31-23-22-29-21-20-28-11-4-5-15-33(28)34-16-6-8-18-39(34)45-40-19-9-7-17-35(40)36(29)25-31/h1-27H. The van der Waals surface area contributed by atoms with E-state index in [9.17, 15) is 0 Å². The molecular formula is C41H27N3S. The summed E-state index contributed by atoms with van der Waals surface area (Å²) >= 11 is 1.81. The van der Waals surface area contributed by atoms with Gasteiger partial charge in [-0.2, -0.15) is 0 Å². The van der Waals surface area contributed by atoms with Crippen LogP contribution < -0.4 is 0 Å². The largest absolute Gasteiger partial charge is 0.264 e. The number of nitrogens with zero attached hydrogens (tertiary/aromatic N) is 3. The summed E-state index contributed by atoms with van der Waals surface area (Å²) in [5.74, 6) is 0.678. The number of rotatable bonds is 3. The Morgan fingerprint density at radius 1 is 0.422 bits per heavy atom. The smallest absolute Gasteiger partial charge is 0.160 e. The van der Waals surface area contributed by atoms with Crippen molar-refractivity contribution >= 4 is 23.9 Å². The second-order valence-electron chi connectivity index (χ2n) is 10.9. The van der Waals surface area contributed by atoms with E-state index in [1.165, 1.54) is 32.0 Å². The zero-order chi connectivity index (χ0) is 30.0. The molecule has 45 heavy (non-hydrogen) atoms. The molecule has 212 valence electrons. The van der Waals surface area contributed by atoms with E-state index in [1.54, 1.807) is 6.20 Å². The monoisotopic (exact) mass is 593 g/mol. The molecule has 0 spiro atoms. The Kier molecular flexibility index (Phi) is 7.10. The van der Waals surface area contributed by atoms with Crippen LogP contribution in [0.5, 0.6) is 0 Å². The summed E-state index contributed by atoms with van der Waals surface area (Å²) in [7, 11) is 0. The first-order valence-corrected chi connectivity index (χ1v) is 15.7. The molecule has 4 heteroatoms. The van der Waals surface area contributed by atoms with Crippen LogP contribution in [0.2, 0.25) is 0 Å². The molecule has 0 aliphatic carbocycles. The second kappa shape index (κ2) is 11.8. The molecule has 0 radical (unpaired) electrons. The maximum Gasteiger partial charge on any atom is 0.160 e. The van der Waals surface area contributed by atoms with E-state index in [4.69, 9.17) is 9.97 Å². The van der Waals surface area contributed by atoms with E-state index in [1.807, 2.05) is 54.4 Å². The van der Waals surface area contributed by atoms with Gasteiger partial charge in [0.2, 0.25) is 0 Å². The van der Waals surface area contributed by atoms with Crippen LogP contribution in [0.3, 0.4) is 0 Å². The van der Waals surface area contributed by atoms with Gasteiger partial charge in [-0.05, 0) is 69.8 Å². The van der Waals surface area contributed by atoms with Crippen molar-refractivity contribution in [2.24, 2.45) is 0 Å². The highest BCUT2D eigenvalue weighted by molar-refractivity contribution is 7.99.